The fraction of sp³-hybridized carbons (Fsp3) is 0.967. The molecule has 0 saturated carbocycles. The van der Waals surface area contributed by atoms with Crippen LogP contribution in [0.1, 0.15) is 330 Å². The first-order valence-electron chi connectivity index (χ1n) is 30.5. The van der Waals surface area contributed by atoms with Gasteiger partial charge in [0.25, 0.3) is 0 Å². The molecule has 6 nitrogen and oxygen atoms in total. The molecule has 4 atom stereocenters. The van der Waals surface area contributed by atoms with Gasteiger partial charge in [-0.1, -0.05) is 272 Å². The Hall–Kier alpha value is 0.414. The quantitative estimate of drug-likeness (QED) is 0.0319. The molecule has 3 N–H and O–H groups in total. The molecule has 1 radical (unpaired) electrons. The second-order valence-corrected chi connectivity index (χ2v) is 21.0. The number of carbonyl (C=O) groups excluding carboxylic acids is 1. The van der Waals surface area contributed by atoms with Gasteiger partial charge < -0.3 is 27.0 Å². The first-order chi connectivity index (χ1) is 32.9. The van der Waals surface area contributed by atoms with E-state index in [0.717, 1.165) is 116 Å². The van der Waals surface area contributed by atoms with E-state index in [1.807, 2.05) is 0 Å². The van der Waals surface area contributed by atoms with Gasteiger partial charge in [-0.2, -0.15) is 6.42 Å². The van der Waals surface area contributed by atoms with Crippen molar-refractivity contribution in [3.8, 4) is 0 Å². The zero-order valence-electron chi connectivity index (χ0n) is 47.1. The van der Waals surface area contributed by atoms with E-state index in [9.17, 15) is 20.1 Å². The van der Waals surface area contributed by atoms with Crippen molar-refractivity contribution in [2.45, 2.75) is 348 Å². The number of hydrogen-bond acceptors (Lipinski definition) is 6. The summed E-state index contributed by atoms with van der Waals surface area (Å²) in [4.78, 5) is 15.4. The van der Waals surface area contributed by atoms with Crippen molar-refractivity contribution >= 4 is 5.97 Å². The van der Waals surface area contributed by atoms with Crippen molar-refractivity contribution < 1.29 is 57.6 Å². The number of unbranched alkanes of at least 4 members (excludes halogenated alkanes) is 34. The van der Waals surface area contributed by atoms with Gasteiger partial charge in [-0.15, -0.1) is 0 Å². The first-order valence-corrected chi connectivity index (χ1v) is 30.5. The van der Waals surface area contributed by atoms with E-state index in [4.69, 9.17) is 4.74 Å². The maximum atomic E-state index is 13.0. The molecule has 0 bridgehead atoms. The molecule has 0 spiro atoms. The standard InChI is InChI=1S/C46H92NO4.C15H32O.Y/c1-5-9-13-17-19-20-21-22-23-24-25-27-32-38-45(49)44(42-48)47(39-33-16-12-8-4)40-34-28-29-35-41-51-46(50)43(36-30-15-11-7-3)37-31-26-18-14-10-6-2;1-3-5-7-9-10-12-14-15(16)13-11-8-6-4-2;/h43-45,48-49H,4-42H2,1-3H3;15-16H,3-14H2,1-2H3;/q-1;;. The topological polar surface area (TPSA) is 90.2 Å². The summed E-state index contributed by atoms with van der Waals surface area (Å²) in [5, 5.41) is 31.3. The zero-order valence-corrected chi connectivity index (χ0v) is 49.9. The Labute approximate surface area is 452 Å². The van der Waals surface area contributed by atoms with E-state index in [-0.39, 0.29) is 63.3 Å². The fourth-order valence-corrected chi connectivity index (χ4v) is 9.70. The Kier molecular flexibility index (Phi) is 65.9. The molecule has 0 heterocycles. The number of nitrogens with zero attached hydrogens (tertiary/aromatic N) is 1. The van der Waals surface area contributed by atoms with Gasteiger partial charge in [-0.25, -0.2) is 0 Å². The Balaban J connectivity index is -0.00000210. The second-order valence-electron chi connectivity index (χ2n) is 21.0. The summed E-state index contributed by atoms with van der Waals surface area (Å²) in [6, 6.07) is -0.177. The van der Waals surface area contributed by atoms with Crippen LogP contribution in [-0.2, 0) is 42.2 Å². The molecule has 0 aliphatic rings. The molecule has 0 fully saturated rings. The maximum Gasteiger partial charge on any atom is 0.308 e. The molecule has 68 heavy (non-hydrogen) atoms. The summed E-state index contributed by atoms with van der Waals surface area (Å²) in [5.74, 6) is 0.114. The minimum absolute atomic E-state index is 0. The van der Waals surface area contributed by atoms with Crippen LogP contribution in [0.2, 0.25) is 0 Å². The van der Waals surface area contributed by atoms with E-state index in [1.165, 1.54) is 193 Å². The Morgan fingerprint density at radius 3 is 1.12 bits per heavy atom. The van der Waals surface area contributed by atoms with E-state index >= 15 is 0 Å². The molecule has 0 amide bonds. The third-order valence-electron chi connectivity index (χ3n) is 14.4. The molecule has 0 saturated heterocycles. The molecule has 0 aromatic carbocycles. The molecule has 0 aromatic heterocycles. The van der Waals surface area contributed by atoms with Crippen LogP contribution in [0.5, 0.6) is 0 Å². The van der Waals surface area contributed by atoms with E-state index in [0.29, 0.717) is 6.61 Å². The van der Waals surface area contributed by atoms with Crippen LogP contribution in [0.3, 0.4) is 0 Å². The van der Waals surface area contributed by atoms with Crippen molar-refractivity contribution in [2.75, 3.05) is 26.3 Å². The number of ether oxygens (including phenoxy) is 1. The van der Waals surface area contributed by atoms with E-state index in [2.05, 4.69) is 46.4 Å². The minimum Gasteiger partial charge on any atom is -0.465 e. The first kappa shape index (κ1) is 72.7. The van der Waals surface area contributed by atoms with Crippen molar-refractivity contribution in [1.82, 2.24) is 4.90 Å². The summed E-state index contributed by atoms with van der Waals surface area (Å²) in [7, 11) is 0. The molecule has 4 unspecified atom stereocenters. The number of carbonyl (C=O) groups is 1. The van der Waals surface area contributed by atoms with Gasteiger partial charge in [0.1, 0.15) is 0 Å². The number of hydrogen-bond donors (Lipinski definition) is 3. The number of aliphatic hydroxyl groups excluding tert-OH is 3. The van der Waals surface area contributed by atoms with E-state index < -0.39 is 6.10 Å². The van der Waals surface area contributed by atoms with Gasteiger partial charge in [-0.05, 0) is 64.5 Å². The van der Waals surface area contributed by atoms with Crippen LogP contribution in [0, 0.1) is 12.8 Å². The molecule has 0 aliphatic heterocycles. The largest absolute Gasteiger partial charge is 0.465 e. The molecule has 407 valence electrons. The van der Waals surface area contributed by atoms with Crippen LogP contribution in [0.15, 0.2) is 0 Å². The Bertz CT molecular complexity index is 925. The van der Waals surface area contributed by atoms with Gasteiger partial charge in [0.05, 0.1) is 37.4 Å². The Morgan fingerprint density at radius 2 is 0.735 bits per heavy atom. The summed E-state index contributed by atoms with van der Waals surface area (Å²) in [6.45, 7) is 17.6. The molecule has 0 aliphatic carbocycles. The van der Waals surface area contributed by atoms with Gasteiger partial charge in [-0.3, -0.25) is 9.69 Å². The number of rotatable bonds is 54. The Morgan fingerprint density at radius 1 is 0.426 bits per heavy atom. The number of esters is 1. The normalized spacial score (nSPS) is 13.2. The second kappa shape index (κ2) is 61.7. The van der Waals surface area contributed by atoms with Crippen molar-refractivity contribution in [2.24, 2.45) is 5.92 Å². The average Bonchev–Trinajstić information content (AvgIpc) is 3.33. The van der Waals surface area contributed by atoms with Crippen LogP contribution in [0.4, 0.5) is 0 Å². The van der Waals surface area contributed by atoms with Crippen molar-refractivity contribution in [3.63, 3.8) is 0 Å². The summed E-state index contributed by atoms with van der Waals surface area (Å²) < 4.78 is 5.83. The third-order valence-corrected chi connectivity index (χ3v) is 14.4. The smallest absolute Gasteiger partial charge is 0.308 e. The van der Waals surface area contributed by atoms with Crippen LogP contribution in [-0.4, -0.2) is 70.7 Å². The molecule has 0 rings (SSSR count). The van der Waals surface area contributed by atoms with Gasteiger partial charge in [0.15, 0.2) is 0 Å². The third kappa shape index (κ3) is 52.7. The zero-order chi connectivity index (χ0) is 49.5. The summed E-state index contributed by atoms with van der Waals surface area (Å²) in [6.07, 6.45) is 55.5. The maximum absolute atomic E-state index is 13.0. The monoisotopic (exact) mass is 1040 g/mol. The fourth-order valence-electron chi connectivity index (χ4n) is 9.70. The summed E-state index contributed by atoms with van der Waals surface area (Å²) >= 11 is 0. The minimum atomic E-state index is -0.471. The molecular weight excluding hydrogens is 916 g/mol. The average molecular weight is 1040 g/mol. The van der Waals surface area contributed by atoms with E-state index in [1.54, 1.807) is 0 Å². The van der Waals surface area contributed by atoms with Crippen LogP contribution >= 0.6 is 0 Å². The predicted octanol–water partition coefficient (Wildman–Crippen LogP) is 18.4. The van der Waals surface area contributed by atoms with Gasteiger partial charge in [0, 0.05) is 32.7 Å². The number of aliphatic hydroxyl groups is 3. The SMILES string of the molecule is CCCCCCCCC(O)CCCCCC.[CH2-]CCCCCN(CCCCCCOC(=O)C(CCCCCC)CCCCCCCC)C(CO)C(O)CCCCCCCCCCCCCCC.[Y]. The molecule has 0 aromatic rings. The van der Waals surface area contributed by atoms with Gasteiger partial charge in [0.2, 0.25) is 0 Å². The van der Waals surface area contributed by atoms with Crippen molar-refractivity contribution in [1.29, 1.82) is 0 Å². The molecule has 7 heteroatoms. The summed E-state index contributed by atoms with van der Waals surface area (Å²) in [5.41, 5.74) is 0. The molecular formula is C61H124NO5Y-. The van der Waals surface area contributed by atoms with Crippen LogP contribution < -0.4 is 0 Å². The van der Waals surface area contributed by atoms with Crippen LogP contribution in [0.25, 0.3) is 0 Å². The predicted molar refractivity (Wildman–Crippen MR) is 295 cm³/mol. The van der Waals surface area contributed by atoms with Crippen molar-refractivity contribution in [3.05, 3.63) is 6.92 Å². The van der Waals surface area contributed by atoms with Gasteiger partial charge >= 0.3 is 5.97 Å².